The minimum atomic E-state index is -4.31. The normalized spacial score (nSPS) is 14.5. The van der Waals surface area contributed by atoms with Crippen molar-refractivity contribution < 1.29 is 22.7 Å². The topological polar surface area (TPSA) is 96.0 Å². The van der Waals surface area contributed by atoms with Crippen molar-refractivity contribution in [2.24, 2.45) is 0 Å². The van der Waals surface area contributed by atoms with E-state index < -0.39 is 28.5 Å². The Balaban J connectivity index is 1.76. The van der Waals surface area contributed by atoms with Gasteiger partial charge in [0.05, 0.1) is 17.7 Å². The Labute approximate surface area is 274 Å². The summed E-state index contributed by atoms with van der Waals surface area (Å²) < 4.78 is 34.7. The van der Waals surface area contributed by atoms with E-state index in [1.807, 2.05) is 6.92 Å². The maximum Gasteiger partial charge on any atom is 0.264 e. The summed E-state index contributed by atoms with van der Waals surface area (Å²) in [4.78, 5) is 29.1. The van der Waals surface area contributed by atoms with Gasteiger partial charge in [0.2, 0.25) is 11.8 Å². The second-order valence-corrected chi connectivity index (χ2v) is 14.0. The second kappa shape index (κ2) is 14.9. The summed E-state index contributed by atoms with van der Waals surface area (Å²) in [5.74, 6) is -0.798. The molecule has 1 fully saturated rings. The number of carbonyl (C=O) groups excluding carboxylic acids is 2. The van der Waals surface area contributed by atoms with Gasteiger partial charge < -0.3 is 15.0 Å². The first kappa shape index (κ1) is 33.9. The minimum absolute atomic E-state index is 0.00805. The highest BCUT2D eigenvalue weighted by atomic mass is 35.5. The number of halogens is 3. The smallest absolute Gasteiger partial charge is 0.264 e. The lowest BCUT2D eigenvalue weighted by molar-refractivity contribution is -0.139. The summed E-state index contributed by atoms with van der Waals surface area (Å²) in [6, 6.07) is 14.8. The van der Waals surface area contributed by atoms with Crippen LogP contribution in [0, 0.1) is 6.92 Å². The van der Waals surface area contributed by atoms with Crippen molar-refractivity contribution >= 4 is 62.3 Å². The molecule has 1 N–H and O–H groups in total. The standard InChI is InChI=1S/C32H36Cl3N3O5S/c1-21-12-15-25(16-13-21)44(41,42)38(29-18-23(33)14-17-30(29)43-3)20-31(39)37(19-26-27(34)10-7-11-28(26)35)22(2)32(40)36-24-8-5-4-6-9-24/h7,10-18,22,24H,4-6,8-9,19-20H2,1-3H3,(H,36,40)/t22-/m1/s1. The van der Waals surface area contributed by atoms with Crippen LogP contribution in [0.1, 0.15) is 50.2 Å². The number of anilines is 1. The largest absolute Gasteiger partial charge is 0.495 e. The van der Waals surface area contributed by atoms with Gasteiger partial charge in [0.15, 0.2) is 0 Å². The SMILES string of the molecule is COc1ccc(Cl)cc1N(CC(=O)N(Cc1c(Cl)cccc1Cl)[C@H](C)C(=O)NC1CCCCC1)S(=O)(=O)c1ccc(C)cc1. The van der Waals surface area contributed by atoms with E-state index in [4.69, 9.17) is 39.5 Å². The van der Waals surface area contributed by atoms with E-state index in [2.05, 4.69) is 5.32 Å². The van der Waals surface area contributed by atoms with Crippen LogP contribution in [0.3, 0.4) is 0 Å². The predicted octanol–water partition coefficient (Wildman–Crippen LogP) is 7.03. The van der Waals surface area contributed by atoms with Crippen LogP contribution in [-0.2, 0) is 26.2 Å². The van der Waals surface area contributed by atoms with Crippen LogP contribution in [0.2, 0.25) is 15.1 Å². The van der Waals surface area contributed by atoms with Crippen molar-refractivity contribution in [2.45, 2.75) is 69.5 Å². The number of ether oxygens (including phenoxy) is 1. The maximum absolute atomic E-state index is 14.3. The molecule has 0 saturated heterocycles. The maximum atomic E-state index is 14.3. The molecular weight excluding hydrogens is 645 g/mol. The molecule has 0 bridgehead atoms. The third kappa shape index (κ3) is 7.99. The summed E-state index contributed by atoms with van der Waals surface area (Å²) in [5, 5.41) is 3.95. The van der Waals surface area contributed by atoms with E-state index in [1.165, 1.54) is 36.3 Å². The van der Waals surface area contributed by atoms with E-state index in [-0.39, 0.29) is 39.8 Å². The number of sulfonamides is 1. The predicted molar refractivity (Wildman–Crippen MR) is 175 cm³/mol. The molecule has 2 amide bonds. The lowest BCUT2D eigenvalue weighted by atomic mass is 9.95. The fourth-order valence-electron chi connectivity index (χ4n) is 5.21. The highest BCUT2D eigenvalue weighted by Gasteiger charge is 2.35. The number of carbonyl (C=O) groups is 2. The van der Waals surface area contributed by atoms with Crippen LogP contribution in [0.4, 0.5) is 5.69 Å². The summed E-state index contributed by atoms with van der Waals surface area (Å²) in [5.41, 5.74) is 1.38. The monoisotopic (exact) mass is 679 g/mol. The zero-order valence-corrected chi connectivity index (χ0v) is 27.9. The summed E-state index contributed by atoms with van der Waals surface area (Å²) >= 11 is 19.3. The average Bonchev–Trinajstić information content (AvgIpc) is 3.00. The fraction of sp³-hybridized carbons (Fsp3) is 0.375. The number of nitrogens with zero attached hydrogens (tertiary/aromatic N) is 2. The molecule has 44 heavy (non-hydrogen) atoms. The summed E-state index contributed by atoms with van der Waals surface area (Å²) in [6.45, 7) is 2.67. The molecular formula is C32H36Cl3N3O5S. The zero-order valence-electron chi connectivity index (χ0n) is 24.9. The van der Waals surface area contributed by atoms with E-state index in [1.54, 1.807) is 43.3 Å². The summed E-state index contributed by atoms with van der Waals surface area (Å²) in [7, 11) is -2.91. The molecule has 12 heteroatoms. The average molecular weight is 681 g/mol. The van der Waals surface area contributed by atoms with Crippen LogP contribution < -0.4 is 14.4 Å². The van der Waals surface area contributed by atoms with Crippen molar-refractivity contribution in [1.82, 2.24) is 10.2 Å². The van der Waals surface area contributed by atoms with Crippen molar-refractivity contribution in [1.29, 1.82) is 0 Å². The molecule has 0 aromatic heterocycles. The number of rotatable bonds is 11. The van der Waals surface area contributed by atoms with Crippen molar-refractivity contribution in [3.8, 4) is 5.75 Å². The molecule has 1 saturated carbocycles. The molecule has 0 radical (unpaired) electrons. The first-order valence-corrected chi connectivity index (χ1v) is 17.0. The molecule has 0 unspecified atom stereocenters. The van der Waals surface area contributed by atoms with Crippen LogP contribution in [-0.4, -0.2) is 50.9 Å². The number of amides is 2. The van der Waals surface area contributed by atoms with Crippen LogP contribution in [0.15, 0.2) is 65.6 Å². The van der Waals surface area contributed by atoms with Crippen LogP contribution in [0.5, 0.6) is 5.75 Å². The van der Waals surface area contributed by atoms with Gasteiger partial charge in [-0.05, 0) is 69.2 Å². The van der Waals surface area contributed by atoms with Gasteiger partial charge >= 0.3 is 0 Å². The van der Waals surface area contributed by atoms with Crippen molar-refractivity contribution in [3.05, 3.63) is 86.9 Å². The number of aryl methyl sites for hydroxylation is 1. The molecule has 0 aliphatic heterocycles. The molecule has 1 atom stereocenters. The van der Waals surface area contributed by atoms with Crippen LogP contribution in [0.25, 0.3) is 0 Å². The quantitative estimate of drug-likeness (QED) is 0.235. The third-order valence-electron chi connectivity index (χ3n) is 7.81. The fourth-order valence-corrected chi connectivity index (χ4v) is 7.31. The first-order chi connectivity index (χ1) is 20.9. The Morgan fingerprint density at radius 1 is 0.977 bits per heavy atom. The number of hydrogen-bond donors (Lipinski definition) is 1. The van der Waals surface area contributed by atoms with Gasteiger partial charge in [-0.1, -0.05) is 77.8 Å². The lowest BCUT2D eigenvalue weighted by Gasteiger charge is -2.34. The number of hydrogen-bond acceptors (Lipinski definition) is 5. The Hall–Kier alpha value is -2.98. The summed E-state index contributed by atoms with van der Waals surface area (Å²) in [6.07, 6.45) is 4.88. The first-order valence-electron chi connectivity index (χ1n) is 14.4. The second-order valence-electron chi connectivity index (χ2n) is 10.9. The van der Waals surface area contributed by atoms with Crippen molar-refractivity contribution in [3.63, 3.8) is 0 Å². The van der Waals surface area contributed by atoms with Gasteiger partial charge in [-0.2, -0.15) is 0 Å². The molecule has 3 aromatic rings. The molecule has 1 aliphatic carbocycles. The Kier molecular flexibility index (Phi) is 11.5. The third-order valence-corrected chi connectivity index (χ3v) is 10.5. The van der Waals surface area contributed by atoms with E-state index >= 15 is 0 Å². The molecule has 4 rings (SSSR count). The zero-order chi connectivity index (χ0) is 32.0. The number of benzene rings is 3. The number of methoxy groups -OCH3 is 1. The van der Waals surface area contributed by atoms with E-state index in [9.17, 15) is 18.0 Å². The van der Waals surface area contributed by atoms with Gasteiger partial charge in [-0.15, -0.1) is 0 Å². The highest BCUT2D eigenvalue weighted by molar-refractivity contribution is 7.92. The van der Waals surface area contributed by atoms with Crippen LogP contribution >= 0.6 is 34.8 Å². The molecule has 3 aromatic carbocycles. The lowest BCUT2D eigenvalue weighted by Crippen LogP contribution is -2.53. The number of nitrogens with one attached hydrogen (secondary N) is 1. The van der Waals surface area contributed by atoms with Gasteiger partial charge in [0.1, 0.15) is 18.3 Å². The Morgan fingerprint density at radius 3 is 2.23 bits per heavy atom. The van der Waals surface area contributed by atoms with Gasteiger partial charge in [0.25, 0.3) is 10.0 Å². The Bertz CT molecular complexity index is 1570. The van der Waals surface area contributed by atoms with Crippen molar-refractivity contribution in [2.75, 3.05) is 18.0 Å². The van der Waals surface area contributed by atoms with Gasteiger partial charge in [-0.25, -0.2) is 8.42 Å². The van der Waals surface area contributed by atoms with E-state index in [0.29, 0.717) is 15.6 Å². The molecule has 0 heterocycles. The molecule has 1 aliphatic rings. The van der Waals surface area contributed by atoms with Gasteiger partial charge in [0, 0.05) is 33.2 Å². The molecule has 236 valence electrons. The highest BCUT2D eigenvalue weighted by Crippen LogP contribution is 2.35. The molecule has 0 spiro atoms. The minimum Gasteiger partial charge on any atom is -0.495 e. The Morgan fingerprint density at radius 2 is 1.61 bits per heavy atom. The molecule has 8 nitrogen and oxygen atoms in total. The van der Waals surface area contributed by atoms with Gasteiger partial charge in [-0.3, -0.25) is 13.9 Å². The van der Waals surface area contributed by atoms with E-state index in [0.717, 1.165) is 42.0 Å².